The van der Waals surface area contributed by atoms with Gasteiger partial charge in [0.15, 0.2) is 0 Å². The Labute approximate surface area is 192 Å². The molecule has 3 aromatic carbocycles. The van der Waals surface area contributed by atoms with Gasteiger partial charge in [-0.25, -0.2) is 13.4 Å². The Bertz CT molecular complexity index is 1400. The molecular formula is C25H24N4O3S. The van der Waals surface area contributed by atoms with Crippen molar-refractivity contribution in [3.8, 4) is 0 Å². The summed E-state index contributed by atoms with van der Waals surface area (Å²) in [6, 6.07) is 22.6. The minimum absolute atomic E-state index is 0.225. The second kappa shape index (κ2) is 8.37. The number of H-pyrrole nitrogens is 1. The van der Waals surface area contributed by atoms with E-state index >= 15 is 0 Å². The highest BCUT2D eigenvalue weighted by Gasteiger charge is 2.27. The van der Waals surface area contributed by atoms with Crippen LogP contribution >= 0.6 is 0 Å². The number of sulfonamides is 1. The Balaban J connectivity index is 1.44. The molecule has 0 unspecified atom stereocenters. The molecule has 0 fully saturated rings. The summed E-state index contributed by atoms with van der Waals surface area (Å²) in [5, 5.41) is 3.13. The van der Waals surface area contributed by atoms with Gasteiger partial charge in [0.1, 0.15) is 5.82 Å². The summed E-state index contributed by atoms with van der Waals surface area (Å²) in [5.74, 6) is 0.467. The minimum Gasteiger partial charge on any atom is -0.342 e. The second-order valence-corrected chi connectivity index (χ2v) is 10.2. The van der Waals surface area contributed by atoms with Crippen molar-refractivity contribution in [3.05, 3.63) is 95.3 Å². The van der Waals surface area contributed by atoms with Crippen LogP contribution in [0.1, 0.15) is 33.4 Å². The Hall–Kier alpha value is -3.65. The standard InChI is InChI=1S/C25H24N4O3S/c1-33(31,32)29-14-13-18-16-19(11-12-23(18)29)25(30)28-22(15-17-7-3-2-4-8-17)24-26-20-9-5-6-10-21(20)27-24/h2-12,16,22H,13-15H2,1H3,(H,26,27)(H,28,30)/t22-/m1/s1. The Morgan fingerprint density at radius 1 is 1.09 bits per heavy atom. The number of hydrogen-bond donors (Lipinski definition) is 2. The van der Waals surface area contributed by atoms with E-state index in [0.717, 1.165) is 22.2 Å². The van der Waals surface area contributed by atoms with Crippen molar-refractivity contribution in [2.24, 2.45) is 0 Å². The highest BCUT2D eigenvalue weighted by Crippen LogP contribution is 2.31. The molecule has 33 heavy (non-hydrogen) atoms. The molecule has 2 N–H and O–H groups in total. The van der Waals surface area contributed by atoms with Crippen molar-refractivity contribution in [2.75, 3.05) is 17.1 Å². The molecule has 0 bridgehead atoms. The van der Waals surface area contributed by atoms with Gasteiger partial charge >= 0.3 is 0 Å². The summed E-state index contributed by atoms with van der Waals surface area (Å²) in [5.41, 5.74) is 4.85. The van der Waals surface area contributed by atoms with Crippen LogP contribution in [0.15, 0.2) is 72.8 Å². The molecule has 4 aromatic rings. The first-order valence-electron chi connectivity index (χ1n) is 10.8. The number of amides is 1. The number of carbonyl (C=O) groups excluding carboxylic acids is 1. The lowest BCUT2D eigenvalue weighted by Crippen LogP contribution is -2.31. The smallest absolute Gasteiger partial charge is 0.251 e. The molecular weight excluding hydrogens is 436 g/mol. The van der Waals surface area contributed by atoms with Gasteiger partial charge in [-0.05, 0) is 54.3 Å². The Morgan fingerprint density at radius 2 is 1.85 bits per heavy atom. The minimum atomic E-state index is -3.33. The van der Waals surface area contributed by atoms with Crippen LogP contribution in [-0.2, 0) is 22.9 Å². The summed E-state index contributed by atoms with van der Waals surface area (Å²) >= 11 is 0. The highest BCUT2D eigenvalue weighted by molar-refractivity contribution is 7.92. The molecule has 0 radical (unpaired) electrons. The van der Waals surface area contributed by atoms with E-state index in [1.54, 1.807) is 18.2 Å². The zero-order chi connectivity index (χ0) is 23.0. The van der Waals surface area contributed by atoms with Crippen molar-refractivity contribution in [3.63, 3.8) is 0 Å². The largest absolute Gasteiger partial charge is 0.342 e. The van der Waals surface area contributed by atoms with Crippen molar-refractivity contribution in [2.45, 2.75) is 18.9 Å². The molecule has 1 atom stereocenters. The fourth-order valence-electron chi connectivity index (χ4n) is 4.30. The van der Waals surface area contributed by atoms with E-state index in [0.29, 0.717) is 36.5 Å². The number of nitrogens with one attached hydrogen (secondary N) is 2. The molecule has 5 rings (SSSR count). The van der Waals surface area contributed by atoms with Crippen molar-refractivity contribution in [1.29, 1.82) is 0 Å². The quantitative estimate of drug-likeness (QED) is 0.460. The molecule has 0 saturated carbocycles. The molecule has 0 spiro atoms. The van der Waals surface area contributed by atoms with E-state index in [1.165, 1.54) is 10.6 Å². The number of hydrogen-bond acceptors (Lipinski definition) is 4. The van der Waals surface area contributed by atoms with E-state index in [1.807, 2.05) is 54.6 Å². The van der Waals surface area contributed by atoms with Gasteiger partial charge in [-0.3, -0.25) is 9.10 Å². The van der Waals surface area contributed by atoms with Gasteiger partial charge in [-0.1, -0.05) is 42.5 Å². The highest BCUT2D eigenvalue weighted by atomic mass is 32.2. The molecule has 1 aromatic heterocycles. The number of aromatic amines is 1. The lowest BCUT2D eigenvalue weighted by Gasteiger charge is -2.18. The monoisotopic (exact) mass is 460 g/mol. The first kappa shape index (κ1) is 21.2. The third-order valence-electron chi connectivity index (χ3n) is 5.92. The number of fused-ring (bicyclic) bond motifs is 2. The zero-order valence-corrected chi connectivity index (χ0v) is 19.0. The number of carbonyl (C=O) groups is 1. The van der Waals surface area contributed by atoms with E-state index in [-0.39, 0.29) is 11.9 Å². The zero-order valence-electron chi connectivity index (χ0n) is 18.2. The predicted molar refractivity (Wildman–Crippen MR) is 129 cm³/mol. The van der Waals surface area contributed by atoms with Gasteiger partial charge in [0.2, 0.25) is 10.0 Å². The van der Waals surface area contributed by atoms with Gasteiger partial charge in [0, 0.05) is 12.1 Å². The van der Waals surface area contributed by atoms with E-state index in [2.05, 4.69) is 10.3 Å². The van der Waals surface area contributed by atoms with Crippen LogP contribution in [0.2, 0.25) is 0 Å². The van der Waals surface area contributed by atoms with Crippen LogP contribution in [0.5, 0.6) is 0 Å². The third-order valence-corrected chi connectivity index (χ3v) is 7.10. The second-order valence-electron chi connectivity index (χ2n) is 8.28. The van der Waals surface area contributed by atoms with Gasteiger partial charge < -0.3 is 10.3 Å². The number of imidazole rings is 1. The molecule has 1 amide bonds. The van der Waals surface area contributed by atoms with Gasteiger partial charge in [0.25, 0.3) is 5.91 Å². The topological polar surface area (TPSA) is 95.2 Å². The Morgan fingerprint density at radius 3 is 2.61 bits per heavy atom. The molecule has 0 saturated heterocycles. The lowest BCUT2D eigenvalue weighted by atomic mass is 10.0. The normalized spacial score (nSPS) is 14.3. The van der Waals surface area contributed by atoms with Crippen molar-refractivity contribution >= 4 is 32.7 Å². The van der Waals surface area contributed by atoms with Gasteiger partial charge in [-0.2, -0.15) is 0 Å². The van der Waals surface area contributed by atoms with E-state index in [4.69, 9.17) is 4.98 Å². The summed E-state index contributed by atoms with van der Waals surface area (Å²) in [7, 11) is -3.33. The number of aromatic nitrogens is 2. The van der Waals surface area contributed by atoms with Crippen LogP contribution < -0.4 is 9.62 Å². The van der Waals surface area contributed by atoms with Crippen LogP contribution in [0.4, 0.5) is 5.69 Å². The van der Waals surface area contributed by atoms with Crippen LogP contribution in [-0.4, -0.2) is 37.1 Å². The number of nitrogens with zero attached hydrogens (tertiary/aromatic N) is 2. The first-order valence-corrected chi connectivity index (χ1v) is 12.6. The van der Waals surface area contributed by atoms with Crippen molar-refractivity contribution in [1.82, 2.24) is 15.3 Å². The molecule has 168 valence electrons. The summed E-state index contributed by atoms with van der Waals surface area (Å²) in [6.07, 6.45) is 2.37. The number of anilines is 1. The average Bonchev–Trinajstić information content (AvgIpc) is 3.43. The molecule has 0 aliphatic carbocycles. The maximum Gasteiger partial charge on any atom is 0.251 e. The maximum atomic E-state index is 13.2. The number of para-hydroxylation sites is 2. The molecule has 8 heteroatoms. The predicted octanol–water partition coefficient (Wildman–Crippen LogP) is 3.60. The average molecular weight is 461 g/mol. The molecule has 2 heterocycles. The van der Waals surface area contributed by atoms with E-state index < -0.39 is 10.0 Å². The third kappa shape index (κ3) is 4.34. The summed E-state index contributed by atoms with van der Waals surface area (Å²) < 4.78 is 25.4. The SMILES string of the molecule is CS(=O)(=O)N1CCc2cc(C(=O)N[C@H](Cc3ccccc3)c3nc4ccccc4[nH]3)ccc21. The van der Waals surface area contributed by atoms with Crippen LogP contribution in [0.25, 0.3) is 11.0 Å². The summed E-state index contributed by atoms with van der Waals surface area (Å²) in [6.45, 7) is 0.398. The van der Waals surface area contributed by atoms with Crippen LogP contribution in [0.3, 0.4) is 0 Å². The van der Waals surface area contributed by atoms with Crippen LogP contribution in [0, 0.1) is 0 Å². The lowest BCUT2D eigenvalue weighted by molar-refractivity contribution is 0.0935. The Kier molecular flexibility index (Phi) is 5.38. The molecule has 1 aliphatic heterocycles. The maximum absolute atomic E-state index is 13.2. The summed E-state index contributed by atoms with van der Waals surface area (Å²) in [4.78, 5) is 21.3. The number of rotatable bonds is 6. The fourth-order valence-corrected chi connectivity index (χ4v) is 5.26. The fraction of sp³-hybridized carbons (Fsp3) is 0.200. The van der Waals surface area contributed by atoms with E-state index in [9.17, 15) is 13.2 Å². The van der Waals surface area contributed by atoms with Gasteiger partial charge in [-0.15, -0.1) is 0 Å². The molecule has 7 nitrogen and oxygen atoms in total. The number of benzene rings is 3. The molecule has 1 aliphatic rings. The van der Waals surface area contributed by atoms with Crippen molar-refractivity contribution < 1.29 is 13.2 Å². The van der Waals surface area contributed by atoms with Gasteiger partial charge in [0.05, 0.1) is 29.0 Å². The first-order chi connectivity index (χ1) is 15.9.